The zero-order chi connectivity index (χ0) is 15.3. The molecule has 0 bridgehead atoms. The number of imidazole rings is 1. The zero-order valence-electron chi connectivity index (χ0n) is 11.6. The van der Waals surface area contributed by atoms with Gasteiger partial charge in [0.2, 0.25) is 0 Å². The molecule has 2 aromatic heterocycles. The fourth-order valence-electron chi connectivity index (χ4n) is 2.85. The Morgan fingerprint density at radius 1 is 1.27 bits per heavy atom. The minimum atomic E-state index is -0.0523. The summed E-state index contributed by atoms with van der Waals surface area (Å²) in [5.74, 6) is 0.843. The second kappa shape index (κ2) is 5.21. The summed E-state index contributed by atoms with van der Waals surface area (Å²) in [6, 6.07) is 5.50. The van der Waals surface area contributed by atoms with Crippen LogP contribution in [0.5, 0.6) is 0 Å². The normalized spacial score (nSPS) is 14.3. The predicted molar refractivity (Wildman–Crippen MR) is 88.8 cm³/mol. The largest absolute Gasteiger partial charge is 0.295 e. The molecule has 0 fully saturated rings. The molecule has 0 atom stereocenters. The summed E-state index contributed by atoms with van der Waals surface area (Å²) in [5, 5.41) is 0.644. The van der Waals surface area contributed by atoms with Gasteiger partial charge in [0.15, 0.2) is 11.2 Å². The lowest BCUT2D eigenvalue weighted by Gasteiger charge is -2.17. The Bertz CT molecular complexity index is 947. The maximum absolute atomic E-state index is 12.6. The van der Waals surface area contributed by atoms with Crippen molar-refractivity contribution in [3.8, 4) is 5.69 Å². The number of aryl methyl sites for hydroxylation is 1. The van der Waals surface area contributed by atoms with Crippen LogP contribution >= 0.6 is 27.5 Å². The summed E-state index contributed by atoms with van der Waals surface area (Å²) in [6.07, 6.45) is 4.55. The van der Waals surface area contributed by atoms with Crippen molar-refractivity contribution in [3.05, 3.63) is 50.2 Å². The molecule has 22 heavy (non-hydrogen) atoms. The second-order valence-corrected chi connectivity index (χ2v) is 6.62. The van der Waals surface area contributed by atoms with Crippen LogP contribution in [0.15, 0.2) is 33.8 Å². The van der Waals surface area contributed by atoms with Crippen LogP contribution in [0.25, 0.3) is 16.9 Å². The van der Waals surface area contributed by atoms with E-state index in [1.807, 2.05) is 16.7 Å². The molecule has 5 nitrogen and oxygen atoms in total. The molecule has 7 heteroatoms. The van der Waals surface area contributed by atoms with Crippen molar-refractivity contribution >= 4 is 38.7 Å². The molecular formula is C15H12BrClN4O. The van der Waals surface area contributed by atoms with E-state index in [4.69, 9.17) is 11.6 Å². The summed E-state index contributed by atoms with van der Waals surface area (Å²) >= 11 is 9.50. The maximum atomic E-state index is 12.6. The zero-order valence-corrected chi connectivity index (χ0v) is 13.9. The van der Waals surface area contributed by atoms with Gasteiger partial charge in [-0.3, -0.25) is 13.9 Å². The highest BCUT2D eigenvalue weighted by molar-refractivity contribution is 9.10. The van der Waals surface area contributed by atoms with Crippen LogP contribution in [0.4, 0.5) is 0 Å². The van der Waals surface area contributed by atoms with E-state index < -0.39 is 0 Å². The summed E-state index contributed by atoms with van der Waals surface area (Å²) in [4.78, 5) is 21.5. The van der Waals surface area contributed by atoms with E-state index in [1.165, 1.54) is 0 Å². The van der Waals surface area contributed by atoms with E-state index in [2.05, 4.69) is 25.9 Å². The van der Waals surface area contributed by atoms with Gasteiger partial charge in [0.05, 0.1) is 5.69 Å². The molecule has 4 rings (SSSR count). The summed E-state index contributed by atoms with van der Waals surface area (Å²) < 4.78 is 4.41. The molecule has 3 aromatic rings. The highest BCUT2D eigenvalue weighted by Crippen LogP contribution is 2.27. The topological polar surface area (TPSA) is 52.7 Å². The van der Waals surface area contributed by atoms with Gasteiger partial charge >= 0.3 is 0 Å². The summed E-state index contributed by atoms with van der Waals surface area (Å²) in [6.45, 7) is 0.731. The molecule has 0 N–H and O–H groups in total. The van der Waals surface area contributed by atoms with Crippen molar-refractivity contribution in [1.82, 2.24) is 19.1 Å². The van der Waals surface area contributed by atoms with Crippen molar-refractivity contribution in [1.29, 1.82) is 0 Å². The highest BCUT2D eigenvalue weighted by Gasteiger charge is 2.19. The van der Waals surface area contributed by atoms with Crippen molar-refractivity contribution in [2.24, 2.45) is 0 Å². The Labute approximate surface area is 139 Å². The van der Waals surface area contributed by atoms with Crippen LogP contribution in [0, 0.1) is 0 Å². The van der Waals surface area contributed by atoms with Gasteiger partial charge in [0, 0.05) is 22.5 Å². The molecule has 1 aliphatic heterocycles. The van der Waals surface area contributed by atoms with Gasteiger partial charge in [-0.05, 0) is 47.0 Å². The van der Waals surface area contributed by atoms with Crippen molar-refractivity contribution in [2.75, 3.05) is 0 Å². The van der Waals surface area contributed by atoms with Crippen molar-refractivity contribution in [3.63, 3.8) is 0 Å². The third-order valence-electron chi connectivity index (χ3n) is 3.94. The smallest absolute Gasteiger partial charge is 0.281 e. The highest BCUT2D eigenvalue weighted by atomic mass is 79.9. The summed E-state index contributed by atoms with van der Waals surface area (Å²) in [7, 11) is 0. The summed E-state index contributed by atoms with van der Waals surface area (Å²) in [5.41, 5.74) is 1.82. The van der Waals surface area contributed by atoms with E-state index in [1.54, 1.807) is 17.0 Å². The molecule has 0 spiro atoms. The third-order valence-corrected chi connectivity index (χ3v) is 4.81. The van der Waals surface area contributed by atoms with Crippen molar-refractivity contribution in [2.45, 2.75) is 25.8 Å². The standard InChI is InChI=1S/C15H12BrClN4O/c16-10-7-9(17)4-5-11(10)21-8-18-13-14(21)19-12-3-1-2-6-20(12)15(13)22/h4-5,7-8H,1-3,6H2. The van der Waals surface area contributed by atoms with Crippen LogP contribution in [0.1, 0.15) is 18.7 Å². The fourth-order valence-corrected chi connectivity index (χ4v) is 3.73. The molecule has 0 unspecified atom stereocenters. The first kappa shape index (κ1) is 14.0. The predicted octanol–water partition coefficient (Wildman–Crippen LogP) is 3.33. The van der Waals surface area contributed by atoms with Gasteiger partial charge in [0.1, 0.15) is 12.2 Å². The molecule has 0 amide bonds. The molecular weight excluding hydrogens is 368 g/mol. The minimum absolute atomic E-state index is 0.0523. The van der Waals surface area contributed by atoms with Crippen LogP contribution in [-0.4, -0.2) is 19.1 Å². The second-order valence-electron chi connectivity index (χ2n) is 5.32. The third kappa shape index (κ3) is 2.09. The van der Waals surface area contributed by atoms with E-state index in [0.717, 1.165) is 41.8 Å². The van der Waals surface area contributed by atoms with Crippen LogP contribution in [-0.2, 0) is 13.0 Å². The van der Waals surface area contributed by atoms with E-state index >= 15 is 0 Å². The van der Waals surface area contributed by atoms with Crippen LogP contribution in [0.3, 0.4) is 0 Å². The maximum Gasteiger partial charge on any atom is 0.281 e. The quantitative estimate of drug-likeness (QED) is 0.651. The lowest BCUT2D eigenvalue weighted by Crippen LogP contribution is -2.28. The molecule has 0 aliphatic carbocycles. The molecule has 0 saturated heterocycles. The van der Waals surface area contributed by atoms with Gasteiger partial charge < -0.3 is 0 Å². The average Bonchev–Trinajstić information content (AvgIpc) is 2.92. The number of hydrogen-bond acceptors (Lipinski definition) is 3. The number of nitrogens with zero attached hydrogens (tertiary/aromatic N) is 4. The lowest BCUT2D eigenvalue weighted by atomic mass is 10.1. The first-order chi connectivity index (χ1) is 10.6. The van der Waals surface area contributed by atoms with Gasteiger partial charge in [-0.1, -0.05) is 11.6 Å². The molecule has 112 valence electrons. The fraction of sp³-hybridized carbons (Fsp3) is 0.267. The van der Waals surface area contributed by atoms with Gasteiger partial charge in [-0.2, -0.15) is 0 Å². The lowest BCUT2D eigenvalue weighted by molar-refractivity contribution is 0.500. The van der Waals surface area contributed by atoms with Crippen LogP contribution < -0.4 is 5.56 Å². The van der Waals surface area contributed by atoms with Gasteiger partial charge in [-0.25, -0.2) is 9.97 Å². The number of benzene rings is 1. The molecule has 3 heterocycles. The number of aromatic nitrogens is 4. The number of fused-ring (bicyclic) bond motifs is 2. The van der Waals surface area contributed by atoms with Crippen LogP contribution in [0.2, 0.25) is 5.02 Å². The van der Waals surface area contributed by atoms with E-state index in [-0.39, 0.29) is 5.56 Å². The Balaban J connectivity index is 2.00. The molecule has 1 aliphatic rings. The number of hydrogen-bond donors (Lipinski definition) is 0. The minimum Gasteiger partial charge on any atom is -0.295 e. The molecule has 0 radical (unpaired) electrons. The van der Waals surface area contributed by atoms with Crippen molar-refractivity contribution < 1.29 is 0 Å². The Morgan fingerprint density at radius 3 is 2.95 bits per heavy atom. The monoisotopic (exact) mass is 378 g/mol. The molecule has 0 saturated carbocycles. The first-order valence-corrected chi connectivity index (χ1v) is 8.24. The Morgan fingerprint density at radius 2 is 2.14 bits per heavy atom. The number of halogens is 2. The first-order valence-electron chi connectivity index (χ1n) is 7.07. The average molecular weight is 380 g/mol. The number of rotatable bonds is 1. The van der Waals surface area contributed by atoms with E-state index in [9.17, 15) is 4.79 Å². The SMILES string of the molecule is O=c1c2ncn(-c3ccc(Cl)cc3Br)c2nc2n1CCCC2. The Kier molecular flexibility index (Phi) is 3.31. The van der Waals surface area contributed by atoms with Gasteiger partial charge in [-0.15, -0.1) is 0 Å². The Hall–Kier alpha value is -1.66. The molecule has 1 aromatic carbocycles. The van der Waals surface area contributed by atoms with Gasteiger partial charge in [0.25, 0.3) is 5.56 Å². The van der Waals surface area contributed by atoms with E-state index in [0.29, 0.717) is 16.2 Å².